The van der Waals surface area contributed by atoms with Crippen LogP contribution in [0, 0.1) is 11.8 Å². The van der Waals surface area contributed by atoms with Gasteiger partial charge in [0.25, 0.3) is 5.91 Å². The lowest BCUT2D eigenvalue weighted by Gasteiger charge is -2.31. The van der Waals surface area contributed by atoms with Gasteiger partial charge in [0.15, 0.2) is 0 Å². The number of carbonyl (C=O) groups excluding carboxylic acids is 2. The number of benzene rings is 1. The first-order chi connectivity index (χ1) is 11.0. The number of esters is 1. The van der Waals surface area contributed by atoms with Crippen LogP contribution in [0.3, 0.4) is 0 Å². The summed E-state index contributed by atoms with van der Waals surface area (Å²) >= 11 is 0. The van der Waals surface area contributed by atoms with E-state index in [0.29, 0.717) is 31.2 Å². The summed E-state index contributed by atoms with van der Waals surface area (Å²) in [6.07, 6.45) is 1.60. The molecule has 0 aliphatic carbocycles. The van der Waals surface area contributed by atoms with Crippen LogP contribution in [-0.4, -0.2) is 43.6 Å². The molecule has 1 amide bonds. The molecule has 23 heavy (non-hydrogen) atoms. The summed E-state index contributed by atoms with van der Waals surface area (Å²) in [5.74, 6) is 0.724. The Morgan fingerprint density at radius 2 is 1.96 bits per heavy atom. The van der Waals surface area contributed by atoms with Crippen LogP contribution in [0.4, 0.5) is 0 Å². The van der Waals surface area contributed by atoms with Crippen molar-refractivity contribution in [2.45, 2.75) is 26.7 Å². The molecule has 5 heteroatoms. The minimum atomic E-state index is -0.236. The zero-order valence-electron chi connectivity index (χ0n) is 14.1. The number of rotatable bonds is 5. The average molecular weight is 319 g/mol. The van der Waals surface area contributed by atoms with Crippen LogP contribution in [0.5, 0.6) is 5.75 Å². The van der Waals surface area contributed by atoms with Gasteiger partial charge in [-0.15, -0.1) is 0 Å². The van der Waals surface area contributed by atoms with Crippen molar-refractivity contribution in [1.29, 1.82) is 0 Å². The van der Waals surface area contributed by atoms with E-state index in [4.69, 9.17) is 9.47 Å². The standard InChI is InChI=1S/C18H25NO4/c1-13(2)12-23-16-8-6-14(7-9-16)17(20)19-10-4-5-15(11-19)18(21)22-3/h6-9,13,15H,4-5,10-12H2,1-3H3. The Hall–Kier alpha value is -2.04. The third kappa shape index (κ3) is 4.71. The van der Waals surface area contributed by atoms with Gasteiger partial charge in [-0.3, -0.25) is 9.59 Å². The fourth-order valence-electron chi connectivity index (χ4n) is 2.66. The van der Waals surface area contributed by atoms with E-state index in [0.717, 1.165) is 18.6 Å². The number of methoxy groups -OCH3 is 1. The van der Waals surface area contributed by atoms with Gasteiger partial charge in [0.1, 0.15) is 5.75 Å². The molecule has 0 aromatic heterocycles. The van der Waals surface area contributed by atoms with E-state index in [-0.39, 0.29) is 17.8 Å². The van der Waals surface area contributed by atoms with E-state index in [9.17, 15) is 9.59 Å². The second-order valence-electron chi connectivity index (χ2n) is 6.34. The second-order valence-corrected chi connectivity index (χ2v) is 6.34. The normalized spacial score (nSPS) is 17.9. The molecule has 1 atom stereocenters. The molecular formula is C18H25NO4. The van der Waals surface area contributed by atoms with Gasteiger partial charge in [-0.25, -0.2) is 0 Å². The van der Waals surface area contributed by atoms with Crippen molar-refractivity contribution in [3.63, 3.8) is 0 Å². The lowest BCUT2D eigenvalue weighted by molar-refractivity contribution is -0.146. The molecule has 0 radical (unpaired) electrons. The predicted octanol–water partition coefficient (Wildman–Crippen LogP) is 2.75. The predicted molar refractivity (Wildman–Crippen MR) is 87.4 cm³/mol. The highest BCUT2D eigenvalue weighted by Gasteiger charge is 2.29. The fourth-order valence-corrected chi connectivity index (χ4v) is 2.66. The van der Waals surface area contributed by atoms with Crippen molar-refractivity contribution in [1.82, 2.24) is 4.90 Å². The zero-order valence-corrected chi connectivity index (χ0v) is 14.1. The van der Waals surface area contributed by atoms with Crippen LogP contribution >= 0.6 is 0 Å². The van der Waals surface area contributed by atoms with Crippen molar-refractivity contribution in [2.75, 3.05) is 26.8 Å². The molecule has 1 fully saturated rings. The minimum Gasteiger partial charge on any atom is -0.493 e. The van der Waals surface area contributed by atoms with Gasteiger partial charge >= 0.3 is 5.97 Å². The van der Waals surface area contributed by atoms with Crippen LogP contribution < -0.4 is 4.74 Å². The molecule has 0 saturated carbocycles. The van der Waals surface area contributed by atoms with Crippen LogP contribution in [0.15, 0.2) is 24.3 Å². The molecule has 126 valence electrons. The van der Waals surface area contributed by atoms with Crippen molar-refractivity contribution < 1.29 is 19.1 Å². The lowest BCUT2D eigenvalue weighted by Crippen LogP contribution is -2.42. The Morgan fingerprint density at radius 3 is 2.57 bits per heavy atom. The number of carbonyl (C=O) groups is 2. The number of likely N-dealkylation sites (tertiary alicyclic amines) is 1. The Bertz CT molecular complexity index is 538. The molecular weight excluding hydrogens is 294 g/mol. The van der Waals surface area contributed by atoms with Crippen molar-refractivity contribution in [3.05, 3.63) is 29.8 Å². The average Bonchev–Trinajstić information content (AvgIpc) is 2.59. The highest BCUT2D eigenvalue weighted by atomic mass is 16.5. The molecule has 1 aromatic rings. The Kier molecular flexibility index (Phi) is 6.02. The van der Waals surface area contributed by atoms with E-state index in [1.54, 1.807) is 17.0 Å². The summed E-state index contributed by atoms with van der Waals surface area (Å²) in [5.41, 5.74) is 0.618. The highest BCUT2D eigenvalue weighted by Crippen LogP contribution is 2.21. The monoisotopic (exact) mass is 319 g/mol. The van der Waals surface area contributed by atoms with Gasteiger partial charge in [0.2, 0.25) is 0 Å². The summed E-state index contributed by atoms with van der Waals surface area (Å²) in [6.45, 7) is 5.94. The Morgan fingerprint density at radius 1 is 1.26 bits per heavy atom. The first-order valence-electron chi connectivity index (χ1n) is 8.11. The molecule has 1 aliphatic rings. The number of hydrogen-bond acceptors (Lipinski definition) is 4. The summed E-state index contributed by atoms with van der Waals surface area (Å²) in [5, 5.41) is 0. The molecule has 2 rings (SSSR count). The quantitative estimate of drug-likeness (QED) is 0.783. The number of amides is 1. The first kappa shape index (κ1) is 17.3. The van der Waals surface area contributed by atoms with E-state index in [2.05, 4.69) is 13.8 Å². The first-order valence-corrected chi connectivity index (χ1v) is 8.11. The molecule has 0 bridgehead atoms. The molecule has 0 N–H and O–H groups in total. The molecule has 1 aliphatic heterocycles. The Balaban J connectivity index is 1.98. The van der Waals surface area contributed by atoms with Gasteiger partial charge in [0.05, 0.1) is 19.6 Å². The Labute approximate surface area is 137 Å². The second kappa shape index (κ2) is 7.99. The maximum absolute atomic E-state index is 12.6. The lowest BCUT2D eigenvalue weighted by atomic mass is 9.97. The number of nitrogens with zero attached hydrogens (tertiary/aromatic N) is 1. The van der Waals surface area contributed by atoms with E-state index < -0.39 is 0 Å². The molecule has 1 aromatic carbocycles. The molecule has 1 heterocycles. The zero-order chi connectivity index (χ0) is 16.8. The smallest absolute Gasteiger partial charge is 0.310 e. The summed E-state index contributed by atoms with van der Waals surface area (Å²) in [6, 6.07) is 7.19. The maximum atomic E-state index is 12.6. The number of hydrogen-bond donors (Lipinski definition) is 0. The SMILES string of the molecule is COC(=O)C1CCCN(C(=O)c2ccc(OCC(C)C)cc2)C1. The van der Waals surface area contributed by atoms with Gasteiger partial charge in [0, 0.05) is 18.7 Å². The van der Waals surface area contributed by atoms with Gasteiger partial charge < -0.3 is 14.4 Å². The molecule has 1 saturated heterocycles. The van der Waals surface area contributed by atoms with Gasteiger partial charge in [-0.1, -0.05) is 13.8 Å². The maximum Gasteiger partial charge on any atom is 0.310 e. The van der Waals surface area contributed by atoms with E-state index >= 15 is 0 Å². The van der Waals surface area contributed by atoms with Crippen molar-refractivity contribution >= 4 is 11.9 Å². The number of ether oxygens (including phenoxy) is 2. The van der Waals surface area contributed by atoms with Gasteiger partial charge in [-0.05, 0) is 43.0 Å². The molecule has 1 unspecified atom stereocenters. The third-order valence-corrected chi connectivity index (χ3v) is 3.93. The van der Waals surface area contributed by atoms with E-state index in [1.807, 2.05) is 12.1 Å². The summed E-state index contributed by atoms with van der Waals surface area (Å²) in [4.78, 5) is 26.0. The van der Waals surface area contributed by atoms with Crippen LogP contribution in [0.2, 0.25) is 0 Å². The van der Waals surface area contributed by atoms with E-state index in [1.165, 1.54) is 7.11 Å². The highest BCUT2D eigenvalue weighted by molar-refractivity contribution is 5.94. The van der Waals surface area contributed by atoms with Crippen LogP contribution in [-0.2, 0) is 9.53 Å². The molecule has 5 nitrogen and oxygen atoms in total. The van der Waals surface area contributed by atoms with Crippen LogP contribution in [0.1, 0.15) is 37.0 Å². The van der Waals surface area contributed by atoms with Crippen molar-refractivity contribution in [3.8, 4) is 5.75 Å². The van der Waals surface area contributed by atoms with Crippen LogP contribution in [0.25, 0.3) is 0 Å². The fraction of sp³-hybridized carbons (Fsp3) is 0.556. The third-order valence-electron chi connectivity index (χ3n) is 3.93. The van der Waals surface area contributed by atoms with Gasteiger partial charge in [-0.2, -0.15) is 0 Å². The summed E-state index contributed by atoms with van der Waals surface area (Å²) in [7, 11) is 1.39. The summed E-state index contributed by atoms with van der Waals surface area (Å²) < 4.78 is 10.4. The number of piperidine rings is 1. The van der Waals surface area contributed by atoms with Crippen molar-refractivity contribution in [2.24, 2.45) is 11.8 Å². The minimum absolute atomic E-state index is 0.0472. The largest absolute Gasteiger partial charge is 0.493 e. The molecule has 0 spiro atoms. The topological polar surface area (TPSA) is 55.8 Å².